The Morgan fingerprint density at radius 2 is 2.05 bits per heavy atom. The van der Waals surface area contributed by atoms with Crippen molar-refractivity contribution in [1.29, 1.82) is 0 Å². The predicted molar refractivity (Wildman–Crippen MR) is 90.7 cm³/mol. The molecule has 3 rings (SSSR count). The monoisotopic (exact) mass is 374 g/mol. The molecule has 1 aliphatic heterocycles. The number of anilines is 1. The number of aliphatic carboxylic acids is 1. The van der Waals surface area contributed by atoms with Crippen LogP contribution in [0.1, 0.15) is 17.3 Å². The summed E-state index contributed by atoms with van der Waals surface area (Å²) in [7, 11) is 0. The Balaban J connectivity index is 2.05. The van der Waals surface area contributed by atoms with Gasteiger partial charge in [0, 0.05) is 16.3 Å². The van der Waals surface area contributed by atoms with Gasteiger partial charge >= 0.3 is 5.97 Å². The number of carboxylic acid groups (broad SMARTS) is 1. The van der Waals surface area contributed by atoms with Gasteiger partial charge in [-0.1, -0.05) is 34.8 Å². The number of carboxylic acids is 1. The molecule has 0 saturated heterocycles. The van der Waals surface area contributed by atoms with Crippen LogP contribution in [0.4, 0.5) is 5.69 Å². The van der Waals surface area contributed by atoms with Gasteiger partial charge in [-0.3, -0.25) is 5.01 Å². The SMILES string of the molecule is O=C(O)C1=NN(c2ccc(Cl)cc2Cl)C(c2ccc(Cl)s2)C1. The Morgan fingerprint density at radius 3 is 2.64 bits per heavy atom. The number of carbonyl (C=O) groups is 1. The quantitative estimate of drug-likeness (QED) is 0.812. The van der Waals surface area contributed by atoms with Gasteiger partial charge in [0.25, 0.3) is 0 Å². The maximum Gasteiger partial charge on any atom is 0.352 e. The number of rotatable bonds is 3. The molecule has 0 bridgehead atoms. The van der Waals surface area contributed by atoms with E-state index in [-0.39, 0.29) is 18.2 Å². The lowest BCUT2D eigenvalue weighted by Crippen LogP contribution is -2.18. The maximum atomic E-state index is 11.3. The molecule has 2 aromatic rings. The van der Waals surface area contributed by atoms with E-state index in [0.29, 0.717) is 20.1 Å². The van der Waals surface area contributed by atoms with Crippen LogP contribution >= 0.6 is 46.1 Å². The first kappa shape index (κ1) is 15.6. The van der Waals surface area contributed by atoms with E-state index >= 15 is 0 Å². The highest BCUT2D eigenvalue weighted by Crippen LogP contribution is 2.42. The molecule has 22 heavy (non-hydrogen) atoms. The van der Waals surface area contributed by atoms with Crippen molar-refractivity contribution < 1.29 is 9.90 Å². The molecular weight excluding hydrogens is 367 g/mol. The fourth-order valence-corrected chi connectivity index (χ4v) is 3.90. The van der Waals surface area contributed by atoms with Gasteiger partial charge in [-0.2, -0.15) is 5.10 Å². The van der Waals surface area contributed by atoms with E-state index in [4.69, 9.17) is 34.8 Å². The van der Waals surface area contributed by atoms with Crippen molar-refractivity contribution >= 4 is 63.5 Å². The van der Waals surface area contributed by atoms with E-state index in [1.165, 1.54) is 11.3 Å². The zero-order valence-corrected chi connectivity index (χ0v) is 14.0. The van der Waals surface area contributed by atoms with Crippen LogP contribution in [-0.4, -0.2) is 16.8 Å². The number of nitrogens with zero attached hydrogens (tertiary/aromatic N) is 2. The van der Waals surface area contributed by atoms with Crippen molar-refractivity contribution in [2.75, 3.05) is 5.01 Å². The summed E-state index contributed by atoms with van der Waals surface area (Å²) >= 11 is 19.5. The molecule has 1 atom stereocenters. The third-order valence-corrected chi connectivity index (χ3v) is 5.11. The summed E-state index contributed by atoms with van der Waals surface area (Å²) in [5.41, 5.74) is 0.692. The molecule has 1 aromatic carbocycles. The number of thiophene rings is 1. The predicted octanol–water partition coefficient (Wildman–Crippen LogP) is 5.10. The molecule has 0 saturated carbocycles. The molecule has 1 unspecified atom stereocenters. The normalized spacial score (nSPS) is 17.7. The Labute approximate surface area is 145 Å². The molecule has 0 amide bonds. The second kappa shape index (κ2) is 6.08. The fraction of sp³-hybridized carbons (Fsp3) is 0.143. The van der Waals surface area contributed by atoms with Crippen LogP contribution < -0.4 is 5.01 Å². The summed E-state index contributed by atoms with van der Waals surface area (Å²) < 4.78 is 0.640. The van der Waals surface area contributed by atoms with Crippen LogP contribution in [0.25, 0.3) is 0 Å². The van der Waals surface area contributed by atoms with Crippen LogP contribution in [0.2, 0.25) is 14.4 Å². The summed E-state index contributed by atoms with van der Waals surface area (Å²) in [6, 6.07) is 8.42. The van der Waals surface area contributed by atoms with Gasteiger partial charge in [-0.15, -0.1) is 11.3 Å². The smallest absolute Gasteiger partial charge is 0.352 e. The summed E-state index contributed by atoms with van der Waals surface area (Å²) in [6.45, 7) is 0. The van der Waals surface area contributed by atoms with Gasteiger partial charge < -0.3 is 5.11 Å². The standard InChI is InChI=1S/C14H9Cl3N2O2S/c15-7-1-2-10(8(16)5-7)19-11(6-9(18-19)14(20)21)12-3-4-13(17)22-12/h1-5,11H,6H2,(H,20,21). The average molecular weight is 376 g/mol. The number of halogens is 3. The molecule has 1 N–H and O–H groups in total. The summed E-state index contributed by atoms with van der Waals surface area (Å²) in [6.07, 6.45) is 0.283. The fourth-order valence-electron chi connectivity index (χ4n) is 2.26. The molecule has 0 spiro atoms. The Kier molecular flexibility index (Phi) is 4.32. The zero-order valence-electron chi connectivity index (χ0n) is 11.0. The number of hydrogen-bond donors (Lipinski definition) is 1. The highest BCUT2D eigenvalue weighted by Gasteiger charge is 2.34. The Morgan fingerprint density at radius 1 is 1.27 bits per heavy atom. The molecular formula is C14H9Cl3N2O2S. The minimum Gasteiger partial charge on any atom is -0.477 e. The summed E-state index contributed by atoms with van der Waals surface area (Å²) in [5, 5.41) is 16.0. The van der Waals surface area contributed by atoms with E-state index in [1.807, 2.05) is 6.07 Å². The van der Waals surface area contributed by atoms with E-state index in [9.17, 15) is 9.90 Å². The first-order valence-electron chi connectivity index (χ1n) is 6.26. The van der Waals surface area contributed by atoms with Crippen molar-refractivity contribution in [2.24, 2.45) is 5.10 Å². The zero-order chi connectivity index (χ0) is 15.9. The lowest BCUT2D eigenvalue weighted by molar-refractivity contribution is -0.129. The molecule has 0 fully saturated rings. The molecule has 0 radical (unpaired) electrons. The molecule has 4 nitrogen and oxygen atoms in total. The lowest BCUT2D eigenvalue weighted by Gasteiger charge is -2.23. The van der Waals surface area contributed by atoms with E-state index in [0.717, 1.165) is 4.88 Å². The van der Waals surface area contributed by atoms with E-state index in [1.54, 1.807) is 29.3 Å². The molecule has 8 heteroatoms. The minimum atomic E-state index is -1.04. The Bertz CT molecular complexity index is 775. The lowest BCUT2D eigenvalue weighted by atomic mass is 10.1. The molecule has 2 heterocycles. The highest BCUT2D eigenvalue weighted by atomic mass is 35.5. The second-order valence-electron chi connectivity index (χ2n) is 4.65. The van der Waals surface area contributed by atoms with Crippen LogP contribution in [-0.2, 0) is 4.79 Å². The summed E-state index contributed by atoms with van der Waals surface area (Å²) in [4.78, 5) is 12.2. The van der Waals surface area contributed by atoms with Gasteiger partial charge in [0.05, 0.1) is 21.1 Å². The first-order chi connectivity index (χ1) is 10.5. The Hall–Kier alpha value is -1.27. The average Bonchev–Trinajstić information content (AvgIpc) is 3.05. The molecule has 114 valence electrons. The highest BCUT2D eigenvalue weighted by molar-refractivity contribution is 7.16. The van der Waals surface area contributed by atoms with Gasteiger partial charge in [0.15, 0.2) is 0 Å². The third kappa shape index (κ3) is 2.94. The van der Waals surface area contributed by atoms with Crippen molar-refractivity contribution in [1.82, 2.24) is 0 Å². The van der Waals surface area contributed by atoms with Gasteiger partial charge in [0.1, 0.15) is 5.71 Å². The maximum absolute atomic E-state index is 11.3. The van der Waals surface area contributed by atoms with Crippen molar-refractivity contribution in [3.63, 3.8) is 0 Å². The van der Waals surface area contributed by atoms with Crippen LogP contribution in [0.3, 0.4) is 0 Å². The third-order valence-electron chi connectivity index (χ3n) is 3.24. The first-order valence-corrected chi connectivity index (χ1v) is 8.21. The largest absolute Gasteiger partial charge is 0.477 e. The van der Waals surface area contributed by atoms with Gasteiger partial charge in [-0.05, 0) is 30.3 Å². The van der Waals surface area contributed by atoms with Crippen molar-refractivity contribution in [2.45, 2.75) is 12.5 Å². The van der Waals surface area contributed by atoms with Gasteiger partial charge in [0.2, 0.25) is 0 Å². The van der Waals surface area contributed by atoms with E-state index in [2.05, 4.69) is 5.10 Å². The van der Waals surface area contributed by atoms with Gasteiger partial charge in [-0.25, -0.2) is 4.79 Å². The number of benzene rings is 1. The van der Waals surface area contributed by atoms with Crippen LogP contribution in [0.15, 0.2) is 35.4 Å². The van der Waals surface area contributed by atoms with Crippen molar-refractivity contribution in [3.05, 3.63) is 49.6 Å². The number of hydrogen-bond acceptors (Lipinski definition) is 4. The van der Waals surface area contributed by atoms with Crippen molar-refractivity contribution in [3.8, 4) is 0 Å². The minimum absolute atomic E-state index is 0.0838. The topological polar surface area (TPSA) is 52.9 Å². The molecule has 0 aliphatic carbocycles. The number of hydrazone groups is 1. The molecule has 1 aromatic heterocycles. The van der Waals surface area contributed by atoms with Crippen LogP contribution in [0, 0.1) is 0 Å². The molecule has 1 aliphatic rings. The second-order valence-corrected chi connectivity index (χ2v) is 7.24. The summed E-state index contributed by atoms with van der Waals surface area (Å²) in [5.74, 6) is -1.04. The van der Waals surface area contributed by atoms with Crippen LogP contribution in [0.5, 0.6) is 0 Å². The van der Waals surface area contributed by atoms with E-state index < -0.39 is 5.97 Å².